The Balaban J connectivity index is 2.23. The fourth-order valence-corrected chi connectivity index (χ4v) is 2.21. The number of aryl methyl sites for hydroxylation is 1. The molecule has 2 heterocycles. The van der Waals surface area contributed by atoms with Crippen LogP contribution in [0.15, 0.2) is 41.0 Å². The van der Waals surface area contributed by atoms with Gasteiger partial charge in [-0.05, 0) is 30.7 Å². The second kappa shape index (κ2) is 4.10. The van der Waals surface area contributed by atoms with E-state index >= 15 is 0 Å². The third-order valence-electron chi connectivity index (χ3n) is 2.85. The number of nitrogen functional groups attached to an aromatic ring is 1. The smallest absolute Gasteiger partial charge is 0.182 e. The lowest BCUT2D eigenvalue weighted by Gasteiger charge is -1.98. The monoisotopic (exact) mass is 302 g/mol. The van der Waals surface area contributed by atoms with Gasteiger partial charge in [0.2, 0.25) is 0 Å². The molecule has 0 fully saturated rings. The van der Waals surface area contributed by atoms with E-state index in [1.807, 2.05) is 43.5 Å². The molecule has 0 aliphatic rings. The molecule has 3 rings (SSSR count). The summed E-state index contributed by atoms with van der Waals surface area (Å²) in [4.78, 5) is 4.49. The molecule has 0 aliphatic carbocycles. The maximum absolute atomic E-state index is 6.01. The minimum Gasteiger partial charge on any atom is -0.395 e. The summed E-state index contributed by atoms with van der Waals surface area (Å²) in [7, 11) is 0. The zero-order valence-corrected chi connectivity index (χ0v) is 11.3. The van der Waals surface area contributed by atoms with E-state index in [2.05, 4.69) is 26.0 Å². The molecule has 0 bridgehead atoms. The number of nitrogens with two attached hydrogens (primary N) is 1. The SMILES string of the molecule is Cc1ccn2nc(-c3cccc(Br)c3)nc2c1N. The Morgan fingerprint density at radius 3 is 2.89 bits per heavy atom. The van der Waals surface area contributed by atoms with E-state index in [1.165, 1.54) is 0 Å². The molecule has 0 radical (unpaired) electrons. The molecule has 0 saturated carbocycles. The van der Waals surface area contributed by atoms with Crippen LogP contribution in [0.1, 0.15) is 5.56 Å². The van der Waals surface area contributed by atoms with Crippen LogP contribution in [0.3, 0.4) is 0 Å². The molecule has 90 valence electrons. The third-order valence-corrected chi connectivity index (χ3v) is 3.34. The van der Waals surface area contributed by atoms with Crippen molar-refractivity contribution in [1.29, 1.82) is 0 Å². The van der Waals surface area contributed by atoms with Crippen molar-refractivity contribution >= 4 is 27.3 Å². The van der Waals surface area contributed by atoms with Crippen molar-refractivity contribution < 1.29 is 0 Å². The maximum atomic E-state index is 6.01. The van der Waals surface area contributed by atoms with Gasteiger partial charge >= 0.3 is 0 Å². The topological polar surface area (TPSA) is 56.2 Å². The van der Waals surface area contributed by atoms with Crippen molar-refractivity contribution in [3.63, 3.8) is 0 Å². The van der Waals surface area contributed by atoms with Crippen LogP contribution in [0.5, 0.6) is 0 Å². The van der Waals surface area contributed by atoms with Gasteiger partial charge in [0.15, 0.2) is 11.5 Å². The van der Waals surface area contributed by atoms with E-state index in [-0.39, 0.29) is 0 Å². The molecule has 0 unspecified atom stereocenters. The number of rotatable bonds is 1. The van der Waals surface area contributed by atoms with E-state index in [4.69, 9.17) is 5.73 Å². The summed E-state index contributed by atoms with van der Waals surface area (Å²) in [6, 6.07) is 9.82. The molecule has 4 nitrogen and oxygen atoms in total. The number of pyridine rings is 1. The Hall–Kier alpha value is -1.88. The second-order valence-corrected chi connectivity index (χ2v) is 5.04. The van der Waals surface area contributed by atoms with E-state index < -0.39 is 0 Å². The summed E-state index contributed by atoms with van der Waals surface area (Å²) in [6.07, 6.45) is 1.87. The van der Waals surface area contributed by atoms with Crippen LogP contribution in [0.25, 0.3) is 17.0 Å². The zero-order valence-electron chi connectivity index (χ0n) is 9.76. The van der Waals surface area contributed by atoms with E-state index in [0.29, 0.717) is 17.2 Å². The normalized spacial score (nSPS) is 11.0. The molecule has 2 aromatic heterocycles. The Morgan fingerprint density at radius 2 is 2.11 bits per heavy atom. The summed E-state index contributed by atoms with van der Waals surface area (Å²) in [5.74, 6) is 0.675. The second-order valence-electron chi connectivity index (χ2n) is 4.13. The first-order valence-electron chi connectivity index (χ1n) is 5.52. The van der Waals surface area contributed by atoms with Crippen molar-refractivity contribution in [2.45, 2.75) is 6.92 Å². The van der Waals surface area contributed by atoms with Crippen molar-refractivity contribution in [2.24, 2.45) is 0 Å². The number of anilines is 1. The molecular weight excluding hydrogens is 292 g/mol. The lowest BCUT2D eigenvalue weighted by atomic mass is 10.2. The van der Waals surface area contributed by atoms with Crippen LogP contribution >= 0.6 is 15.9 Å². The predicted octanol–water partition coefficient (Wildman–Crippen LogP) is 3.05. The highest BCUT2D eigenvalue weighted by Gasteiger charge is 2.09. The first-order valence-corrected chi connectivity index (χ1v) is 6.32. The average molecular weight is 303 g/mol. The summed E-state index contributed by atoms with van der Waals surface area (Å²) in [6.45, 7) is 1.96. The Morgan fingerprint density at radius 1 is 1.28 bits per heavy atom. The van der Waals surface area contributed by atoms with Gasteiger partial charge in [0.05, 0.1) is 5.69 Å². The molecule has 0 aliphatic heterocycles. The Kier molecular flexibility index (Phi) is 2.56. The van der Waals surface area contributed by atoms with Crippen molar-refractivity contribution in [1.82, 2.24) is 14.6 Å². The van der Waals surface area contributed by atoms with Gasteiger partial charge in [0.1, 0.15) is 0 Å². The minimum absolute atomic E-state index is 0.672. The first kappa shape index (κ1) is 11.2. The van der Waals surface area contributed by atoms with E-state index in [9.17, 15) is 0 Å². The standard InChI is InChI=1S/C13H11BrN4/c1-8-5-6-18-13(11(8)15)16-12(17-18)9-3-2-4-10(14)7-9/h2-7H,15H2,1H3. The van der Waals surface area contributed by atoms with Crippen LogP contribution in [0, 0.1) is 6.92 Å². The van der Waals surface area contributed by atoms with Gasteiger partial charge < -0.3 is 5.73 Å². The van der Waals surface area contributed by atoms with Gasteiger partial charge in [-0.1, -0.05) is 28.1 Å². The average Bonchev–Trinajstić information content (AvgIpc) is 2.79. The van der Waals surface area contributed by atoms with Crippen LogP contribution < -0.4 is 5.73 Å². The van der Waals surface area contributed by atoms with E-state index in [0.717, 1.165) is 15.6 Å². The van der Waals surface area contributed by atoms with E-state index in [1.54, 1.807) is 4.52 Å². The Labute approximate surface area is 113 Å². The zero-order chi connectivity index (χ0) is 12.7. The minimum atomic E-state index is 0.672. The van der Waals surface area contributed by atoms with Gasteiger partial charge in [0.25, 0.3) is 0 Å². The summed E-state index contributed by atoms with van der Waals surface area (Å²) >= 11 is 3.44. The van der Waals surface area contributed by atoms with Crippen molar-refractivity contribution in [3.8, 4) is 11.4 Å². The van der Waals surface area contributed by atoms with Gasteiger partial charge in [0, 0.05) is 16.2 Å². The lowest BCUT2D eigenvalue weighted by molar-refractivity contribution is 0.964. The van der Waals surface area contributed by atoms with Crippen LogP contribution in [-0.4, -0.2) is 14.6 Å². The molecule has 0 saturated heterocycles. The number of nitrogens with zero attached hydrogens (tertiary/aromatic N) is 3. The molecule has 0 atom stereocenters. The highest BCUT2D eigenvalue weighted by atomic mass is 79.9. The number of halogens is 1. The lowest BCUT2D eigenvalue weighted by Crippen LogP contribution is -1.96. The number of fused-ring (bicyclic) bond motifs is 1. The quantitative estimate of drug-likeness (QED) is 0.751. The fourth-order valence-electron chi connectivity index (χ4n) is 1.81. The summed E-state index contributed by atoms with van der Waals surface area (Å²) in [5.41, 5.74) is 9.35. The molecule has 0 spiro atoms. The van der Waals surface area contributed by atoms with Gasteiger partial charge in [-0.3, -0.25) is 0 Å². The summed E-state index contributed by atoms with van der Waals surface area (Å²) in [5, 5.41) is 4.43. The predicted molar refractivity (Wildman–Crippen MR) is 75.3 cm³/mol. The van der Waals surface area contributed by atoms with Crippen molar-refractivity contribution in [2.75, 3.05) is 5.73 Å². The molecule has 2 N–H and O–H groups in total. The maximum Gasteiger partial charge on any atom is 0.182 e. The number of hydrogen-bond acceptors (Lipinski definition) is 3. The van der Waals surface area contributed by atoms with Gasteiger partial charge in [-0.15, -0.1) is 5.10 Å². The molecule has 1 aromatic carbocycles. The highest BCUT2D eigenvalue weighted by molar-refractivity contribution is 9.10. The summed E-state index contributed by atoms with van der Waals surface area (Å²) < 4.78 is 2.71. The number of hydrogen-bond donors (Lipinski definition) is 1. The first-order chi connectivity index (χ1) is 8.65. The van der Waals surface area contributed by atoms with Crippen molar-refractivity contribution in [3.05, 3.63) is 46.6 Å². The molecular formula is C13H11BrN4. The fraction of sp³-hybridized carbons (Fsp3) is 0.0769. The molecule has 3 aromatic rings. The van der Waals surface area contributed by atoms with Gasteiger partial charge in [-0.25, -0.2) is 9.50 Å². The molecule has 5 heteroatoms. The van der Waals surface area contributed by atoms with Crippen LogP contribution in [0.2, 0.25) is 0 Å². The van der Waals surface area contributed by atoms with Gasteiger partial charge in [-0.2, -0.15) is 0 Å². The highest BCUT2D eigenvalue weighted by Crippen LogP contribution is 2.23. The molecule has 0 amide bonds. The number of benzene rings is 1. The van der Waals surface area contributed by atoms with Crippen LogP contribution in [0.4, 0.5) is 5.69 Å². The largest absolute Gasteiger partial charge is 0.395 e. The Bertz CT molecular complexity index is 733. The third kappa shape index (κ3) is 1.76. The van der Waals surface area contributed by atoms with Crippen LogP contribution in [-0.2, 0) is 0 Å². The molecule has 18 heavy (non-hydrogen) atoms. The number of aromatic nitrogens is 3.